The maximum atomic E-state index is 13.2. The third kappa shape index (κ3) is 9.76. The number of likely N-dealkylation sites (N-methyl/N-ethyl adjacent to an activating group) is 1. The first-order chi connectivity index (χ1) is 20.9. The summed E-state index contributed by atoms with van der Waals surface area (Å²) in [4.78, 5) is 64.7. The van der Waals surface area contributed by atoms with E-state index >= 15 is 0 Å². The molecule has 234 valence electrons. The number of tetrazole rings is 1. The number of aryl methyl sites for hydroxylation is 1. The summed E-state index contributed by atoms with van der Waals surface area (Å²) in [6.07, 6.45) is -0.0448. The predicted octanol–water partition coefficient (Wildman–Crippen LogP) is 2.64. The van der Waals surface area contributed by atoms with Crippen molar-refractivity contribution < 1.29 is 29.1 Å². The van der Waals surface area contributed by atoms with Gasteiger partial charge >= 0.3 is 5.97 Å². The van der Waals surface area contributed by atoms with Crippen molar-refractivity contribution in [3.05, 3.63) is 64.1 Å². The van der Waals surface area contributed by atoms with Crippen molar-refractivity contribution in [3.8, 4) is 0 Å². The molecule has 1 aromatic heterocycles. The van der Waals surface area contributed by atoms with E-state index in [0.717, 1.165) is 26.9 Å². The zero-order chi connectivity index (χ0) is 32.4. The third-order valence-electron chi connectivity index (χ3n) is 6.54. The number of aliphatic carboxylic acids is 1. The Bertz CT molecular complexity index is 1490. The topological polar surface area (TPSA) is 176 Å². The highest BCUT2D eigenvalue weighted by atomic mass is 35.5. The van der Waals surface area contributed by atoms with Crippen LogP contribution in [0.15, 0.2) is 58.6 Å². The number of amides is 3. The fraction of sp³-hybridized carbons (Fsp3) is 0.357. The Labute approximate surface area is 267 Å². The first-order valence-corrected chi connectivity index (χ1v) is 15.0. The van der Waals surface area contributed by atoms with Crippen LogP contribution in [0.4, 0.5) is 0 Å². The number of carboxylic acid groups (broad SMARTS) is 1. The number of hydrogen-bond acceptors (Lipinski definition) is 9. The predicted molar refractivity (Wildman–Crippen MR) is 162 cm³/mol. The molecule has 3 amide bonds. The minimum Gasteiger partial charge on any atom is -0.481 e. The first kappa shape index (κ1) is 34.5. The number of nitrogens with zero attached hydrogens (tertiary/aromatic N) is 5. The van der Waals surface area contributed by atoms with Crippen LogP contribution in [0.1, 0.15) is 32.3 Å². The number of hydrogen-bond donors (Lipinski definition) is 3. The molecule has 0 bridgehead atoms. The molecule has 44 heavy (non-hydrogen) atoms. The molecule has 3 atom stereocenters. The molecule has 0 fully saturated rings. The van der Waals surface area contributed by atoms with Gasteiger partial charge < -0.3 is 20.6 Å². The molecule has 3 rings (SSSR count). The summed E-state index contributed by atoms with van der Waals surface area (Å²) in [5.41, 5.74) is 0.981. The van der Waals surface area contributed by atoms with E-state index in [1.165, 1.54) is 20.9 Å². The number of Topliss-reactive ketones (excluding diaryl/α,β-unsaturated/α-hetero) is 1. The van der Waals surface area contributed by atoms with E-state index in [-0.39, 0.29) is 17.5 Å². The summed E-state index contributed by atoms with van der Waals surface area (Å²) >= 11 is 13.4. The number of rotatable bonds is 15. The first-order valence-electron chi connectivity index (χ1n) is 13.4. The number of carboxylic acids is 1. The lowest BCUT2D eigenvalue weighted by molar-refractivity contribution is -0.143. The highest BCUT2D eigenvalue weighted by molar-refractivity contribution is 7.99. The third-order valence-corrected chi connectivity index (χ3v) is 8.51. The second kappa shape index (κ2) is 16.2. The van der Waals surface area contributed by atoms with Gasteiger partial charge in [0.2, 0.25) is 22.9 Å². The second-order valence-electron chi connectivity index (χ2n) is 9.80. The fourth-order valence-corrected chi connectivity index (χ4v) is 5.39. The lowest BCUT2D eigenvalue weighted by Gasteiger charge is -2.28. The van der Waals surface area contributed by atoms with E-state index in [4.69, 9.17) is 23.2 Å². The van der Waals surface area contributed by atoms with Crippen LogP contribution in [0, 0.1) is 0 Å². The van der Waals surface area contributed by atoms with E-state index in [1.54, 1.807) is 18.2 Å². The minimum atomic E-state index is -1.45. The largest absolute Gasteiger partial charge is 0.481 e. The lowest BCUT2D eigenvalue weighted by atomic mass is 10.1. The summed E-state index contributed by atoms with van der Waals surface area (Å²) in [5, 5.41) is 26.5. The summed E-state index contributed by atoms with van der Waals surface area (Å²) in [5.74, 6) is -3.67. The van der Waals surface area contributed by atoms with Crippen molar-refractivity contribution in [1.29, 1.82) is 0 Å². The molecule has 0 aliphatic heterocycles. The van der Waals surface area contributed by atoms with E-state index in [1.807, 2.05) is 30.3 Å². The summed E-state index contributed by atoms with van der Waals surface area (Å²) < 4.78 is 1.13. The average Bonchev–Trinajstić information content (AvgIpc) is 3.42. The van der Waals surface area contributed by atoms with Crippen LogP contribution in [-0.4, -0.2) is 84.9 Å². The molecule has 0 aliphatic carbocycles. The van der Waals surface area contributed by atoms with Gasteiger partial charge in [0.25, 0.3) is 0 Å². The second-order valence-corrected chi connectivity index (χ2v) is 11.6. The number of carbonyl (C=O) groups is 5. The Kier molecular flexibility index (Phi) is 12.7. The van der Waals surface area contributed by atoms with Crippen molar-refractivity contribution in [1.82, 2.24) is 35.7 Å². The van der Waals surface area contributed by atoms with Gasteiger partial charge in [-0.05, 0) is 60.2 Å². The van der Waals surface area contributed by atoms with Crippen LogP contribution in [0.25, 0.3) is 0 Å². The van der Waals surface area contributed by atoms with Crippen LogP contribution in [0.5, 0.6) is 0 Å². The molecule has 3 aromatic rings. The Morgan fingerprint density at radius 1 is 1.00 bits per heavy atom. The Balaban J connectivity index is 1.60. The summed E-state index contributed by atoms with van der Waals surface area (Å²) in [6.45, 7) is 2.45. The molecule has 0 saturated heterocycles. The van der Waals surface area contributed by atoms with Gasteiger partial charge in [0, 0.05) is 13.5 Å². The molecular weight excluding hydrogens is 633 g/mol. The molecule has 16 heteroatoms. The molecule has 13 nitrogen and oxygen atoms in total. The van der Waals surface area contributed by atoms with Crippen molar-refractivity contribution in [3.63, 3.8) is 0 Å². The maximum absolute atomic E-state index is 13.2. The fourth-order valence-electron chi connectivity index (χ4n) is 3.96. The highest BCUT2D eigenvalue weighted by Gasteiger charge is 2.31. The van der Waals surface area contributed by atoms with E-state index in [0.29, 0.717) is 21.4 Å². The maximum Gasteiger partial charge on any atom is 0.305 e. The molecule has 0 aliphatic rings. The number of halogens is 2. The number of ketones is 1. The van der Waals surface area contributed by atoms with Gasteiger partial charge in [0.05, 0.1) is 27.4 Å². The monoisotopic (exact) mass is 663 g/mol. The van der Waals surface area contributed by atoms with Crippen molar-refractivity contribution in [2.24, 2.45) is 0 Å². The van der Waals surface area contributed by atoms with Gasteiger partial charge in [-0.3, -0.25) is 24.0 Å². The van der Waals surface area contributed by atoms with Crippen LogP contribution >= 0.6 is 35.0 Å². The Morgan fingerprint density at radius 2 is 1.66 bits per heavy atom. The molecule has 0 radical (unpaired) electrons. The summed E-state index contributed by atoms with van der Waals surface area (Å²) in [7, 11) is 1.37. The zero-order valence-electron chi connectivity index (χ0n) is 24.1. The van der Waals surface area contributed by atoms with Crippen molar-refractivity contribution in [2.45, 2.75) is 67.8 Å². The Morgan fingerprint density at radius 3 is 2.30 bits per heavy atom. The van der Waals surface area contributed by atoms with Gasteiger partial charge in [-0.1, -0.05) is 59.6 Å². The quantitative estimate of drug-likeness (QED) is 0.219. The van der Waals surface area contributed by atoms with Gasteiger partial charge in [0.15, 0.2) is 5.78 Å². The molecule has 1 heterocycles. The van der Waals surface area contributed by atoms with Crippen LogP contribution < -0.4 is 10.6 Å². The number of carbonyl (C=O) groups excluding carboxylic acids is 4. The average molecular weight is 665 g/mol. The molecular formula is C28H31Cl2N7O6S. The van der Waals surface area contributed by atoms with E-state index in [9.17, 15) is 29.1 Å². The van der Waals surface area contributed by atoms with Gasteiger partial charge in [0.1, 0.15) is 18.6 Å². The van der Waals surface area contributed by atoms with Crippen LogP contribution in [-0.2, 0) is 36.9 Å². The number of nitrogens with one attached hydrogen (secondary N) is 2. The van der Waals surface area contributed by atoms with Crippen molar-refractivity contribution >= 4 is 64.4 Å². The van der Waals surface area contributed by atoms with E-state index in [2.05, 4.69) is 26.2 Å². The highest BCUT2D eigenvalue weighted by Crippen LogP contribution is 2.37. The van der Waals surface area contributed by atoms with Crippen LogP contribution in [0.2, 0.25) is 10.0 Å². The smallest absolute Gasteiger partial charge is 0.305 e. The lowest BCUT2D eigenvalue weighted by Crippen LogP contribution is -2.55. The van der Waals surface area contributed by atoms with Gasteiger partial charge in [-0.15, -0.1) is 5.10 Å². The molecule has 0 spiro atoms. The standard InChI is InChI=1S/C28H31Cl2N7O6S/c1-16(31-23(39)13-12-18-8-5-4-6-9-18)27(43)36(3)17(2)26(42)32-21(14-24(40)41)22(38)15-37-28(33-34-35-37)44-25-19(29)10-7-11-20(25)30/h4-11,16-17,21H,12-15H2,1-3H3,(H,31,39)(H,32,42)(H,40,41). The number of aromatic nitrogens is 4. The molecule has 3 unspecified atom stereocenters. The zero-order valence-corrected chi connectivity index (χ0v) is 26.4. The Hall–Kier alpha value is -4.01. The summed E-state index contributed by atoms with van der Waals surface area (Å²) in [6, 6.07) is 10.8. The van der Waals surface area contributed by atoms with E-state index < -0.39 is 54.7 Å². The SMILES string of the molecule is CC(NC(=O)CCc1ccccc1)C(=O)N(C)C(C)C(=O)NC(CC(=O)O)C(=O)Cn1nnnc1Sc1c(Cl)cccc1Cl. The van der Waals surface area contributed by atoms with Crippen LogP contribution in [0.3, 0.4) is 0 Å². The molecule has 3 N–H and O–H groups in total. The molecule has 2 aromatic carbocycles. The number of benzene rings is 2. The van der Waals surface area contributed by atoms with Gasteiger partial charge in [-0.25, -0.2) is 4.68 Å². The minimum absolute atomic E-state index is 0.159. The van der Waals surface area contributed by atoms with Gasteiger partial charge in [-0.2, -0.15) is 0 Å². The molecule has 0 saturated carbocycles. The normalized spacial score (nSPS) is 12.9. The van der Waals surface area contributed by atoms with Crippen molar-refractivity contribution in [2.75, 3.05) is 7.05 Å².